The molecule has 0 N–H and O–H groups in total. The first kappa shape index (κ1) is 10.1. The third-order valence-corrected chi connectivity index (χ3v) is 2.99. The first-order valence-electron chi connectivity index (χ1n) is 4.01. The van der Waals surface area contributed by atoms with Crippen molar-refractivity contribution >= 4 is 27.5 Å². The highest BCUT2D eigenvalue weighted by molar-refractivity contribution is 9.10. The molecule has 0 spiro atoms. The van der Waals surface area contributed by atoms with E-state index >= 15 is 0 Å². The van der Waals surface area contributed by atoms with Crippen molar-refractivity contribution in [3.8, 4) is 0 Å². The van der Waals surface area contributed by atoms with E-state index in [1.165, 1.54) is 5.56 Å². The molecule has 0 amide bonds. The van der Waals surface area contributed by atoms with Crippen molar-refractivity contribution < 1.29 is 0 Å². The van der Waals surface area contributed by atoms with Crippen LogP contribution in [-0.2, 0) is 0 Å². The van der Waals surface area contributed by atoms with E-state index in [-0.39, 0.29) is 5.38 Å². The Morgan fingerprint density at radius 1 is 1.17 bits per heavy atom. The average molecular weight is 248 g/mol. The number of benzene rings is 1. The maximum atomic E-state index is 5.99. The van der Waals surface area contributed by atoms with Crippen molar-refractivity contribution in [1.29, 1.82) is 0 Å². The fourth-order valence-corrected chi connectivity index (χ4v) is 1.44. The van der Waals surface area contributed by atoms with Gasteiger partial charge in [0.05, 0.1) is 0 Å². The molecule has 0 bridgehead atoms. The summed E-state index contributed by atoms with van der Waals surface area (Å²) in [5, 5.41) is 0.186. The van der Waals surface area contributed by atoms with Gasteiger partial charge in [0.1, 0.15) is 0 Å². The number of hydrogen-bond donors (Lipinski definition) is 0. The molecule has 0 heterocycles. The second-order valence-corrected chi connectivity index (χ2v) is 4.62. The lowest BCUT2D eigenvalue weighted by Gasteiger charge is -2.13. The van der Waals surface area contributed by atoms with Crippen LogP contribution < -0.4 is 0 Å². The van der Waals surface area contributed by atoms with Crippen LogP contribution >= 0.6 is 27.5 Å². The van der Waals surface area contributed by atoms with E-state index in [0.29, 0.717) is 5.92 Å². The number of hydrogen-bond acceptors (Lipinski definition) is 0. The van der Waals surface area contributed by atoms with Gasteiger partial charge in [-0.3, -0.25) is 0 Å². The Labute approximate surface area is 87.1 Å². The highest BCUT2D eigenvalue weighted by atomic mass is 79.9. The lowest BCUT2D eigenvalue weighted by Crippen LogP contribution is -2.04. The summed E-state index contributed by atoms with van der Waals surface area (Å²) in [6, 6.07) is 8.30. The molecule has 2 heteroatoms. The van der Waals surface area contributed by atoms with E-state index in [0.717, 1.165) is 4.47 Å². The van der Waals surface area contributed by atoms with Gasteiger partial charge in [0, 0.05) is 9.85 Å². The van der Waals surface area contributed by atoms with E-state index in [9.17, 15) is 0 Å². The Kier molecular flexibility index (Phi) is 3.60. The summed E-state index contributed by atoms with van der Waals surface area (Å²) in [5.41, 5.74) is 1.29. The normalized spacial score (nSPS) is 15.7. The zero-order valence-electron chi connectivity index (χ0n) is 7.22. The Morgan fingerprint density at radius 3 is 2.08 bits per heavy atom. The molecule has 66 valence electrons. The molecule has 1 aromatic carbocycles. The van der Waals surface area contributed by atoms with Crippen LogP contribution in [0, 0.1) is 0 Å². The largest absolute Gasteiger partial charge is 0.123 e. The zero-order valence-corrected chi connectivity index (χ0v) is 9.56. The molecule has 0 radical (unpaired) electrons. The molecule has 0 saturated heterocycles. The minimum Gasteiger partial charge on any atom is -0.123 e. The predicted octanol–water partition coefficient (Wildman–Crippen LogP) is 4.18. The van der Waals surface area contributed by atoms with Crippen molar-refractivity contribution in [3.05, 3.63) is 34.3 Å². The molecule has 0 aromatic heterocycles. The summed E-state index contributed by atoms with van der Waals surface area (Å²) in [6.45, 7) is 4.16. The highest BCUT2D eigenvalue weighted by Crippen LogP contribution is 2.23. The van der Waals surface area contributed by atoms with E-state index < -0.39 is 0 Å². The summed E-state index contributed by atoms with van der Waals surface area (Å²) < 4.78 is 1.11. The molecule has 2 unspecified atom stereocenters. The third-order valence-electron chi connectivity index (χ3n) is 2.08. The molecule has 0 aliphatic heterocycles. The maximum absolute atomic E-state index is 5.99. The molecular weight excluding hydrogens is 235 g/mol. The smallest absolute Gasteiger partial charge is 0.0373 e. The van der Waals surface area contributed by atoms with Crippen molar-refractivity contribution in [2.24, 2.45) is 0 Å². The number of alkyl halides is 1. The van der Waals surface area contributed by atoms with E-state index in [2.05, 4.69) is 35.0 Å². The average Bonchev–Trinajstić information content (AvgIpc) is 2.04. The molecule has 1 rings (SSSR count). The van der Waals surface area contributed by atoms with Gasteiger partial charge in [-0.2, -0.15) is 0 Å². The van der Waals surface area contributed by atoms with Crippen LogP contribution in [0.2, 0.25) is 0 Å². The molecule has 2 atom stereocenters. The highest BCUT2D eigenvalue weighted by Gasteiger charge is 2.10. The van der Waals surface area contributed by atoms with Gasteiger partial charge >= 0.3 is 0 Å². The van der Waals surface area contributed by atoms with Gasteiger partial charge in [-0.1, -0.05) is 35.0 Å². The fraction of sp³-hybridized carbons (Fsp3) is 0.400. The standard InChI is InChI=1S/C10H12BrCl/c1-7(8(2)12)9-3-5-10(11)6-4-9/h3-8H,1-2H3. The van der Waals surface area contributed by atoms with Gasteiger partial charge < -0.3 is 0 Å². The van der Waals surface area contributed by atoms with Crippen LogP contribution in [0.25, 0.3) is 0 Å². The Morgan fingerprint density at radius 2 is 1.67 bits per heavy atom. The van der Waals surface area contributed by atoms with Crippen molar-refractivity contribution in [2.45, 2.75) is 25.1 Å². The van der Waals surface area contributed by atoms with Gasteiger partial charge in [0.15, 0.2) is 0 Å². The minimum atomic E-state index is 0.186. The number of rotatable bonds is 2. The Balaban J connectivity index is 2.82. The molecule has 0 aliphatic rings. The molecule has 1 aromatic rings. The second-order valence-electron chi connectivity index (χ2n) is 3.02. The number of halogens is 2. The molecule has 0 fully saturated rings. The summed E-state index contributed by atoms with van der Waals surface area (Å²) in [6.07, 6.45) is 0. The first-order valence-corrected chi connectivity index (χ1v) is 5.23. The lowest BCUT2D eigenvalue weighted by atomic mass is 9.99. The molecular formula is C10H12BrCl. The van der Waals surface area contributed by atoms with Gasteiger partial charge in [0.2, 0.25) is 0 Å². The van der Waals surface area contributed by atoms with Crippen molar-refractivity contribution in [2.75, 3.05) is 0 Å². The summed E-state index contributed by atoms with van der Waals surface area (Å²) in [7, 11) is 0. The van der Waals surface area contributed by atoms with Crippen molar-refractivity contribution in [1.82, 2.24) is 0 Å². The van der Waals surface area contributed by atoms with E-state index in [4.69, 9.17) is 11.6 Å². The van der Waals surface area contributed by atoms with Crippen LogP contribution in [0.3, 0.4) is 0 Å². The summed E-state index contributed by atoms with van der Waals surface area (Å²) >= 11 is 9.39. The Bertz CT molecular complexity index is 241. The van der Waals surface area contributed by atoms with Crippen molar-refractivity contribution in [3.63, 3.8) is 0 Å². The van der Waals surface area contributed by atoms with Gasteiger partial charge in [-0.05, 0) is 30.5 Å². The summed E-state index contributed by atoms with van der Waals surface area (Å²) in [5.74, 6) is 0.416. The quantitative estimate of drug-likeness (QED) is 0.688. The zero-order chi connectivity index (χ0) is 9.14. The predicted molar refractivity (Wildman–Crippen MR) is 57.9 cm³/mol. The fourth-order valence-electron chi connectivity index (χ4n) is 1.03. The molecule has 12 heavy (non-hydrogen) atoms. The Hall–Kier alpha value is -0.0100. The van der Waals surface area contributed by atoms with Gasteiger partial charge in [-0.15, -0.1) is 11.6 Å². The van der Waals surface area contributed by atoms with Crippen LogP contribution in [0.1, 0.15) is 25.3 Å². The van der Waals surface area contributed by atoms with E-state index in [1.807, 2.05) is 19.1 Å². The minimum absolute atomic E-state index is 0.186. The molecule has 0 nitrogen and oxygen atoms in total. The first-order chi connectivity index (χ1) is 5.61. The van der Waals surface area contributed by atoms with Crippen LogP contribution in [0.5, 0.6) is 0 Å². The van der Waals surface area contributed by atoms with Crippen LogP contribution in [0.15, 0.2) is 28.7 Å². The van der Waals surface area contributed by atoms with Gasteiger partial charge in [0.25, 0.3) is 0 Å². The molecule has 0 aliphatic carbocycles. The SMILES string of the molecule is CC(Cl)C(C)c1ccc(Br)cc1. The maximum Gasteiger partial charge on any atom is 0.0373 e. The summed E-state index contributed by atoms with van der Waals surface area (Å²) in [4.78, 5) is 0. The van der Waals surface area contributed by atoms with Crippen LogP contribution in [0.4, 0.5) is 0 Å². The molecule has 0 saturated carbocycles. The lowest BCUT2D eigenvalue weighted by molar-refractivity contribution is 0.742. The van der Waals surface area contributed by atoms with E-state index in [1.54, 1.807) is 0 Å². The second kappa shape index (κ2) is 4.29. The monoisotopic (exact) mass is 246 g/mol. The van der Waals surface area contributed by atoms with Gasteiger partial charge in [-0.25, -0.2) is 0 Å². The topological polar surface area (TPSA) is 0 Å². The van der Waals surface area contributed by atoms with Crippen LogP contribution in [-0.4, -0.2) is 5.38 Å². The third kappa shape index (κ3) is 2.49.